The molecule has 0 aromatic carbocycles. The smallest absolute Gasteiger partial charge is 0.199 e. The van der Waals surface area contributed by atoms with Gasteiger partial charge in [-0.15, -0.1) is 0 Å². The number of aromatic nitrogens is 5. The zero-order chi connectivity index (χ0) is 13.4. The number of hydrogen-bond donors (Lipinski definition) is 1. The number of nitrogen functional groups attached to an aromatic ring is 1. The van der Waals surface area contributed by atoms with Gasteiger partial charge < -0.3 is 10.3 Å². The molecule has 0 bridgehead atoms. The largest absolute Gasteiger partial charge is 0.379 e. The molecule has 0 fully saturated rings. The molecule has 0 radical (unpaired) electrons. The van der Waals surface area contributed by atoms with Gasteiger partial charge in [0.2, 0.25) is 0 Å². The summed E-state index contributed by atoms with van der Waals surface area (Å²) in [6.07, 6.45) is 4.43. The van der Waals surface area contributed by atoms with Crippen LogP contribution < -0.4 is 5.73 Å². The van der Waals surface area contributed by atoms with E-state index < -0.39 is 0 Å². The second-order valence-corrected chi connectivity index (χ2v) is 4.43. The molecule has 19 heavy (non-hydrogen) atoms. The quantitative estimate of drug-likeness (QED) is 0.772. The van der Waals surface area contributed by atoms with Crippen LogP contribution in [0.15, 0.2) is 23.1 Å². The van der Waals surface area contributed by atoms with E-state index in [9.17, 15) is 0 Å². The Labute approximate surface area is 109 Å². The van der Waals surface area contributed by atoms with Gasteiger partial charge >= 0.3 is 0 Å². The summed E-state index contributed by atoms with van der Waals surface area (Å²) in [5.41, 5.74) is 8.04. The average molecular weight is 258 g/mol. The van der Waals surface area contributed by atoms with E-state index in [2.05, 4.69) is 43.3 Å². The number of imidazole rings is 1. The second kappa shape index (κ2) is 4.34. The minimum absolute atomic E-state index is 0.243. The molecule has 3 heterocycles. The molecule has 0 aliphatic rings. The van der Waals surface area contributed by atoms with Gasteiger partial charge in [-0.25, -0.2) is 9.61 Å². The van der Waals surface area contributed by atoms with Crippen LogP contribution in [0, 0.1) is 0 Å². The first-order chi connectivity index (χ1) is 9.22. The lowest BCUT2D eigenvalue weighted by atomic mass is 10.2. The van der Waals surface area contributed by atoms with Crippen LogP contribution in [0.5, 0.6) is 0 Å². The molecule has 3 aromatic heterocycles. The molecule has 0 aliphatic heterocycles. The van der Waals surface area contributed by atoms with Crippen molar-refractivity contribution >= 4 is 16.9 Å². The Balaban J connectivity index is 2.32. The van der Waals surface area contributed by atoms with E-state index in [0.29, 0.717) is 11.5 Å². The molecular weight excluding hydrogens is 244 g/mol. The zero-order valence-electron chi connectivity index (χ0n) is 10.7. The first-order valence-corrected chi connectivity index (χ1v) is 6.12. The fourth-order valence-corrected chi connectivity index (χ4v) is 2.10. The summed E-state index contributed by atoms with van der Waals surface area (Å²) in [6.45, 7) is 4.24. The topological polar surface area (TPSA) is 95.7 Å². The van der Waals surface area contributed by atoms with Crippen molar-refractivity contribution in [3.8, 4) is 11.5 Å². The first-order valence-electron chi connectivity index (χ1n) is 6.12. The van der Waals surface area contributed by atoms with E-state index >= 15 is 0 Å². The molecular formula is C12H14N6O. The lowest BCUT2D eigenvalue weighted by molar-refractivity contribution is 0.310. The Morgan fingerprint density at radius 2 is 2.26 bits per heavy atom. The van der Waals surface area contributed by atoms with Gasteiger partial charge in [-0.1, -0.05) is 6.92 Å². The maximum Gasteiger partial charge on any atom is 0.199 e. The van der Waals surface area contributed by atoms with E-state index in [4.69, 9.17) is 5.73 Å². The predicted molar refractivity (Wildman–Crippen MR) is 70.2 cm³/mol. The van der Waals surface area contributed by atoms with E-state index in [0.717, 1.165) is 17.5 Å². The van der Waals surface area contributed by atoms with Crippen molar-refractivity contribution in [1.82, 2.24) is 24.8 Å². The third-order valence-corrected chi connectivity index (χ3v) is 3.25. The monoisotopic (exact) mass is 258 g/mol. The van der Waals surface area contributed by atoms with E-state index in [1.165, 1.54) is 0 Å². The number of nitrogens with two attached hydrogens (primary N) is 1. The Bertz CT molecular complexity index is 716. The fourth-order valence-electron chi connectivity index (χ4n) is 2.10. The van der Waals surface area contributed by atoms with Gasteiger partial charge in [0.1, 0.15) is 5.52 Å². The highest BCUT2D eigenvalue weighted by atomic mass is 16.6. The molecule has 0 aliphatic carbocycles. The van der Waals surface area contributed by atoms with Crippen LogP contribution in [0.25, 0.3) is 22.6 Å². The van der Waals surface area contributed by atoms with Crippen LogP contribution in [0.2, 0.25) is 0 Å². The molecule has 0 spiro atoms. The third kappa shape index (κ3) is 1.74. The number of anilines is 1. The van der Waals surface area contributed by atoms with E-state index in [1.807, 2.05) is 6.07 Å². The first kappa shape index (κ1) is 11.6. The van der Waals surface area contributed by atoms with Crippen molar-refractivity contribution in [2.24, 2.45) is 0 Å². The summed E-state index contributed by atoms with van der Waals surface area (Å²) in [4.78, 5) is 8.63. The van der Waals surface area contributed by atoms with Crippen molar-refractivity contribution in [3.63, 3.8) is 0 Å². The average Bonchev–Trinajstić information content (AvgIpc) is 3.00. The molecule has 1 unspecified atom stereocenters. The Morgan fingerprint density at radius 3 is 2.95 bits per heavy atom. The molecule has 0 amide bonds. The minimum Gasteiger partial charge on any atom is -0.379 e. The molecule has 7 nitrogen and oxygen atoms in total. The van der Waals surface area contributed by atoms with Crippen LogP contribution >= 0.6 is 0 Å². The summed E-state index contributed by atoms with van der Waals surface area (Å²) in [6, 6.07) is 2.19. The molecule has 2 N–H and O–H groups in total. The molecule has 3 aromatic rings. The highest BCUT2D eigenvalue weighted by molar-refractivity contribution is 5.80. The summed E-state index contributed by atoms with van der Waals surface area (Å²) in [5.74, 6) is 0.906. The van der Waals surface area contributed by atoms with E-state index in [1.54, 1.807) is 12.4 Å². The van der Waals surface area contributed by atoms with Crippen molar-refractivity contribution in [2.45, 2.75) is 26.3 Å². The van der Waals surface area contributed by atoms with Crippen molar-refractivity contribution < 1.29 is 4.63 Å². The maximum atomic E-state index is 5.77. The number of pyridine rings is 1. The molecule has 7 heteroatoms. The van der Waals surface area contributed by atoms with Crippen LogP contribution in [-0.4, -0.2) is 24.8 Å². The summed E-state index contributed by atoms with van der Waals surface area (Å²) in [5, 5.41) is 7.46. The van der Waals surface area contributed by atoms with E-state index in [-0.39, 0.29) is 11.9 Å². The predicted octanol–water partition coefficient (Wildman–Crippen LogP) is 2.03. The highest BCUT2D eigenvalue weighted by Gasteiger charge is 2.21. The number of hydrogen-bond acceptors (Lipinski definition) is 6. The zero-order valence-corrected chi connectivity index (χ0v) is 10.7. The minimum atomic E-state index is 0.243. The van der Waals surface area contributed by atoms with Gasteiger partial charge in [-0.3, -0.25) is 4.98 Å². The Morgan fingerprint density at radius 1 is 1.42 bits per heavy atom. The van der Waals surface area contributed by atoms with Gasteiger partial charge in [0.05, 0.1) is 11.7 Å². The van der Waals surface area contributed by atoms with Crippen LogP contribution in [0.1, 0.15) is 26.3 Å². The van der Waals surface area contributed by atoms with Gasteiger partial charge in [0.25, 0.3) is 0 Å². The normalized spacial score (nSPS) is 12.9. The molecule has 1 atom stereocenters. The van der Waals surface area contributed by atoms with Crippen molar-refractivity contribution in [1.29, 1.82) is 0 Å². The van der Waals surface area contributed by atoms with Gasteiger partial charge in [-0.2, -0.15) is 0 Å². The molecule has 3 rings (SSSR count). The lowest BCUT2D eigenvalue weighted by Gasteiger charge is -2.14. The van der Waals surface area contributed by atoms with Crippen molar-refractivity contribution in [3.05, 3.63) is 18.5 Å². The van der Waals surface area contributed by atoms with Gasteiger partial charge in [0.15, 0.2) is 17.3 Å². The molecule has 98 valence electrons. The highest BCUT2D eigenvalue weighted by Crippen LogP contribution is 2.30. The van der Waals surface area contributed by atoms with Crippen LogP contribution in [0.4, 0.5) is 5.82 Å². The molecule has 0 saturated carbocycles. The third-order valence-electron chi connectivity index (χ3n) is 3.25. The summed E-state index contributed by atoms with van der Waals surface area (Å²) >= 11 is 0. The SMILES string of the molecule is CCC(C)n1c(-c2nonc2N)nc2cnccc21. The van der Waals surface area contributed by atoms with Crippen LogP contribution in [-0.2, 0) is 0 Å². The maximum absolute atomic E-state index is 5.77. The van der Waals surface area contributed by atoms with Gasteiger partial charge in [0, 0.05) is 12.2 Å². The van der Waals surface area contributed by atoms with Gasteiger partial charge in [-0.05, 0) is 29.7 Å². The summed E-state index contributed by atoms with van der Waals surface area (Å²) in [7, 11) is 0. The Hall–Kier alpha value is -2.44. The number of fused-ring (bicyclic) bond motifs is 1. The summed E-state index contributed by atoms with van der Waals surface area (Å²) < 4.78 is 6.76. The fraction of sp³-hybridized carbons (Fsp3) is 0.333. The molecule has 0 saturated heterocycles. The van der Waals surface area contributed by atoms with Crippen LogP contribution in [0.3, 0.4) is 0 Å². The number of nitrogens with zero attached hydrogens (tertiary/aromatic N) is 5. The Kier molecular flexibility index (Phi) is 2.66. The number of rotatable bonds is 3. The lowest BCUT2D eigenvalue weighted by Crippen LogP contribution is -2.06. The second-order valence-electron chi connectivity index (χ2n) is 4.43. The standard InChI is InChI=1S/C12H14N6O/c1-3-7(2)18-9-4-5-14-6-8(9)15-12(18)10-11(13)17-19-16-10/h4-7H,3H2,1-2H3,(H2,13,17). The van der Waals surface area contributed by atoms with Crippen molar-refractivity contribution in [2.75, 3.05) is 5.73 Å².